The fourth-order valence-corrected chi connectivity index (χ4v) is 3.24. The molecule has 2 heterocycles. The molecular weight excluding hydrogens is 258 g/mol. The number of aromatic nitrogens is 2. The highest BCUT2D eigenvalue weighted by molar-refractivity contribution is 5.95. The zero-order valence-corrected chi connectivity index (χ0v) is 11.4. The van der Waals surface area contributed by atoms with E-state index in [-0.39, 0.29) is 5.91 Å². The molecule has 6 nitrogen and oxygen atoms in total. The van der Waals surface area contributed by atoms with Gasteiger partial charge in [-0.1, -0.05) is 12.8 Å². The molecule has 1 unspecified atom stereocenters. The van der Waals surface area contributed by atoms with Crippen LogP contribution in [0.15, 0.2) is 12.3 Å². The molecule has 1 saturated carbocycles. The van der Waals surface area contributed by atoms with E-state index in [1.165, 1.54) is 17.7 Å². The van der Waals surface area contributed by atoms with Crippen molar-refractivity contribution in [1.29, 1.82) is 0 Å². The number of hydrogen-bond acceptors (Lipinski definition) is 3. The van der Waals surface area contributed by atoms with Crippen molar-refractivity contribution >= 4 is 11.9 Å². The number of hydrogen-bond donors (Lipinski definition) is 1. The second-order valence-corrected chi connectivity index (χ2v) is 5.61. The molecule has 2 fully saturated rings. The van der Waals surface area contributed by atoms with Crippen LogP contribution in [0.4, 0.5) is 0 Å². The first-order chi connectivity index (χ1) is 9.66. The normalized spacial score (nSPS) is 23.4. The van der Waals surface area contributed by atoms with Crippen molar-refractivity contribution in [3.63, 3.8) is 0 Å². The third-order valence-corrected chi connectivity index (χ3v) is 4.32. The average molecular weight is 277 g/mol. The van der Waals surface area contributed by atoms with Gasteiger partial charge < -0.3 is 10.0 Å². The largest absolute Gasteiger partial charge is 0.480 e. The molecule has 0 radical (unpaired) electrons. The Morgan fingerprint density at radius 3 is 2.65 bits per heavy atom. The van der Waals surface area contributed by atoms with E-state index in [0.29, 0.717) is 24.7 Å². The van der Waals surface area contributed by atoms with E-state index in [2.05, 4.69) is 5.10 Å². The topological polar surface area (TPSA) is 75.4 Å². The summed E-state index contributed by atoms with van der Waals surface area (Å²) in [7, 11) is 0. The second kappa shape index (κ2) is 5.26. The number of likely N-dealkylation sites (tertiary alicyclic amines) is 1. The van der Waals surface area contributed by atoms with Crippen molar-refractivity contribution in [1.82, 2.24) is 14.7 Å². The van der Waals surface area contributed by atoms with Gasteiger partial charge in [-0.15, -0.1) is 0 Å². The minimum Gasteiger partial charge on any atom is -0.480 e. The molecule has 20 heavy (non-hydrogen) atoms. The molecule has 1 amide bonds. The van der Waals surface area contributed by atoms with Crippen molar-refractivity contribution in [3.05, 3.63) is 18.0 Å². The molecule has 0 aromatic carbocycles. The molecule has 0 spiro atoms. The molecular formula is C14H19N3O3. The predicted octanol–water partition coefficient (Wildman–Crippen LogP) is 1.69. The third kappa shape index (κ3) is 2.30. The Labute approximate surface area is 117 Å². The van der Waals surface area contributed by atoms with Gasteiger partial charge >= 0.3 is 5.97 Å². The second-order valence-electron chi connectivity index (χ2n) is 5.61. The van der Waals surface area contributed by atoms with Crippen LogP contribution < -0.4 is 0 Å². The van der Waals surface area contributed by atoms with E-state index in [0.717, 1.165) is 19.3 Å². The predicted molar refractivity (Wildman–Crippen MR) is 71.4 cm³/mol. The van der Waals surface area contributed by atoms with E-state index < -0.39 is 12.0 Å². The summed E-state index contributed by atoms with van der Waals surface area (Å²) in [6.07, 6.45) is 7.75. The lowest BCUT2D eigenvalue weighted by atomic mass is 10.2. The maximum absolute atomic E-state index is 12.4. The molecule has 1 aromatic rings. The monoisotopic (exact) mass is 277 g/mol. The molecule has 1 atom stereocenters. The Kier molecular flexibility index (Phi) is 3.46. The van der Waals surface area contributed by atoms with Crippen LogP contribution >= 0.6 is 0 Å². The molecule has 1 saturated heterocycles. The van der Waals surface area contributed by atoms with Gasteiger partial charge in [0.15, 0.2) is 0 Å². The highest BCUT2D eigenvalue weighted by atomic mass is 16.4. The Hall–Kier alpha value is -1.85. The smallest absolute Gasteiger partial charge is 0.326 e. The summed E-state index contributed by atoms with van der Waals surface area (Å²) in [4.78, 5) is 25.0. The number of carbonyl (C=O) groups excluding carboxylic acids is 1. The van der Waals surface area contributed by atoms with E-state index in [9.17, 15) is 9.59 Å². The first kappa shape index (κ1) is 13.1. The molecule has 1 aromatic heterocycles. The summed E-state index contributed by atoms with van der Waals surface area (Å²) in [5, 5.41) is 13.5. The number of carbonyl (C=O) groups is 2. The molecule has 6 heteroatoms. The number of amides is 1. The van der Waals surface area contributed by atoms with Gasteiger partial charge in [-0.05, 0) is 31.7 Å². The van der Waals surface area contributed by atoms with Crippen LogP contribution in [-0.2, 0) is 4.79 Å². The number of carboxylic acids is 1. The molecule has 2 aliphatic rings. The van der Waals surface area contributed by atoms with Gasteiger partial charge in [-0.3, -0.25) is 9.48 Å². The average Bonchev–Trinajstić information content (AvgIpc) is 3.17. The van der Waals surface area contributed by atoms with Crippen LogP contribution in [0.5, 0.6) is 0 Å². The summed E-state index contributed by atoms with van der Waals surface area (Å²) < 4.78 is 1.87. The molecule has 108 valence electrons. The SMILES string of the molecule is O=C(O)C1CCCN1C(=O)c1ccn(C2CCCC2)n1. The first-order valence-corrected chi connectivity index (χ1v) is 7.26. The molecule has 0 bridgehead atoms. The maximum Gasteiger partial charge on any atom is 0.326 e. The molecule has 1 N–H and O–H groups in total. The lowest BCUT2D eigenvalue weighted by Gasteiger charge is -2.20. The van der Waals surface area contributed by atoms with Crippen LogP contribution in [0.3, 0.4) is 0 Å². The molecule has 3 rings (SSSR count). The Balaban J connectivity index is 1.75. The third-order valence-electron chi connectivity index (χ3n) is 4.32. The molecule has 1 aliphatic heterocycles. The van der Waals surface area contributed by atoms with Crippen LogP contribution in [-0.4, -0.2) is 44.3 Å². The van der Waals surface area contributed by atoms with Gasteiger partial charge in [-0.2, -0.15) is 5.10 Å². The van der Waals surface area contributed by atoms with Crippen molar-refractivity contribution in [3.8, 4) is 0 Å². The van der Waals surface area contributed by atoms with E-state index >= 15 is 0 Å². The van der Waals surface area contributed by atoms with Gasteiger partial charge in [0.1, 0.15) is 11.7 Å². The maximum atomic E-state index is 12.4. The van der Waals surface area contributed by atoms with Crippen molar-refractivity contribution in [2.24, 2.45) is 0 Å². The first-order valence-electron chi connectivity index (χ1n) is 7.26. The highest BCUT2D eigenvalue weighted by Gasteiger charge is 2.35. The number of aliphatic carboxylic acids is 1. The number of carboxylic acid groups (broad SMARTS) is 1. The van der Waals surface area contributed by atoms with Crippen LogP contribution in [0.25, 0.3) is 0 Å². The van der Waals surface area contributed by atoms with E-state index in [4.69, 9.17) is 5.11 Å². The zero-order chi connectivity index (χ0) is 14.1. The standard InChI is InChI=1S/C14H19N3O3/c18-13(16-8-3-6-12(16)14(19)20)11-7-9-17(15-11)10-4-1-2-5-10/h7,9-10,12H,1-6,8H2,(H,19,20). The van der Waals surface area contributed by atoms with Gasteiger partial charge in [0.2, 0.25) is 0 Å². The summed E-state index contributed by atoms with van der Waals surface area (Å²) in [6, 6.07) is 1.40. The van der Waals surface area contributed by atoms with E-state index in [1.54, 1.807) is 6.07 Å². The highest BCUT2D eigenvalue weighted by Crippen LogP contribution is 2.29. The summed E-state index contributed by atoms with van der Waals surface area (Å²) in [6.45, 7) is 0.506. The van der Waals surface area contributed by atoms with Gasteiger partial charge in [-0.25, -0.2) is 4.79 Å². The van der Waals surface area contributed by atoms with Gasteiger partial charge in [0.05, 0.1) is 6.04 Å². The van der Waals surface area contributed by atoms with Crippen molar-refractivity contribution in [2.45, 2.75) is 50.6 Å². The van der Waals surface area contributed by atoms with Crippen LogP contribution in [0.1, 0.15) is 55.1 Å². The Morgan fingerprint density at radius 2 is 1.95 bits per heavy atom. The Bertz CT molecular complexity index is 519. The van der Waals surface area contributed by atoms with Crippen molar-refractivity contribution in [2.75, 3.05) is 6.54 Å². The van der Waals surface area contributed by atoms with Crippen LogP contribution in [0, 0.1) is 0 Å². The zero-order valence-electron chi connectivity index (χ0n) is 11.4. The fraction of sp³-hybridized carbons (Fsp3) is 0.643. The summed E-state index contributed by atoms with van der Waals surface area (Å²) >= 11 is 0. The Morgan fingerprint density at radius 1 is 1.20 bits per heavy atom. The minimum absolute atomic E-state index is 0.258. The summed E-state index contributed by atoms with van der Waals surface area (Å²) in [5.74, 6) is -1.18. The fourth-order valence-electron chi connectivity index (χ4n) is 3.24. The molecule has 1 aliphatic carbocycles. The van der Waals surface area contributed by atoms with E-state index in [1.807, 2.05) is 10.9 Å². The van der Waals surface area contributed by atoms with Gasteiger partial charge in [0.25, 0.3) is 5.91 Å². The summed E-state index contributed by atoms with van der Waals surface area (Å²) in [5.41, 5.74) is 0.366. The van der Waals surface area contributed by atoms with Crippen molar-refractivity contribution < 1.29 is 14.7 Å². The quantitative estimate of drug-likeness (QED) is 0.912. The van der Waals surface area contributed by atoms with Crippen LogP contribution in [0.2, 0.25) is 0 Å². The minimum atomic E-state index is -0.925. The number of rotatable bonds is 3. The lowest BCUT2D eigenvalue weighted by molar-refractivity contribution is -0.141. The van der Waals surface area contributed by atoms with Gasteiger partial charge in [0, 0.05) is 12.7 Å². The lowest BCUT2D eigenvalue weighted by Crippen LogP contribution is -2.40. The number of nitrogens with zero attached hydrogens (tertiary/aromatic N) is 3.